The van der Waals surface area contributed by atoms with E-state index in [-0.39, 0.29) is 12.1 Å². The van der Waals surface area contributed by atoms with Gasteiger partial charge in [-0.3, -0.25) is 0 Å². The Kier molecular flexibility index (Phi) is 5.94. The molecule has 2 atom stereocenters. The maximum Gasteiger partial charge on any atom is 0.119 e. The topological polar surface area (TPSA) is 21.3 Å². The van der Waals surface area contributed by atoms with E-state index in [0.29, 0.717) is 10.9 Å². The van der Waals surface area contributed by atoms with Crippen LogP contribution >= 0.6 is 34.5 Å². The first-order valence-corrected chi connectivity index (χ1v) is 8.43. The molecule has 2 rings (SSSR count). The summed E-state index contributed by atoms with van der Waals surface area (Å²) in [7, 11) is 0. The van der Waals surface area contributed by atoms with Crippen molar-refractivity contribution in [3.8, 4) is 5.75 Å². The molecule has 5 heteroatoms. The Morgan fingerprint density at radius 2 is 1.86 bits per heavy atom. The summed E-state index contributed by atoms with van der Waals surface area (Å²) < 4.78 is 7.23. The van der Waals surface area contributed by atoms with Crippen molar-refractivity contribution < 1.29 is 4.74 Å². The molecule has 0 aliphatic heterocycles. The lowest BCUT2D eigenvalue weighted by atomic mass is 10.1. The molecule has 1 N–H and O–H groups in total. The molecule has 2 nitrogen and oxygen atoms in total. The van der Waals surface area contributed by atoms with Crippen LogP contribution in [0.3, 0.4) is 0 Å². The maximum absolute atomic E-state index is 6.17. The van der Waals surface area contributed by atoms with Crippen LogP contribution in [0, 0.1) is 6.92 Å². The van der Waals surface area contributed by atoms with Crippen molar-refractivity contribution in [1.82, 2.24) is 5.32 Å². The molecule has 1 aromatic heterocycles. The molecule has 0 spiro atoms. The van der Waals surface area contributed by atoms with E-state index >= 15 is 0 Å². The molecule has 0 aliphatic rings. The molecule has 1 heterocycles. The average Bonchev–Trinajstić information content (AvgIpc) is 2.77. The van der Waals surface area contributed by atoms with Crippen LogP contribution in [0.25, 0.3) is 0 Å². The van der Waals surface area contributed by atoms with E-state index in [0.717, 1.165) is 15.6 Å². The molecule has 0 radical (unpaired) electrons. The first-order valence-electron chi connectivity index (χ1n) is 6.86. The van der Waals surface area contributed by atoms with Gasteiger partial charge in [0.05, 0.1) is 8.67 Å². The van der Waals surface area contributed by atoms with Crippen LogP contribution < -0.4 is 10.1 Å². The van der Waals surface area contributed by atoms with Gasteiger partial charge in [0.1, 0.15) is 12.4 Å². The van der Waals surface area contributed by atoms with Crippen molar-refractivity contribution in [3.63, 3.8) is 0 Å². The van der Waals surface area contributed by atoms with Crippen molar-refractivity contribution >= 4 is 34.5 Å². The SMILES string of the molecule is Cc1ccc(OCC(C)NC(C)c2cc(Cl)sc2Cl)cc1. The summed E-state index contributed by atoms with van der Waals surface area (Å²) in [6.45, 7) is 6.83. The number of rotatable bonds is 6. The van der Waals surface area contributed by atoms with Gasteiger partial charge in [-0.05, 0) is 44.5 Å². The molecule has 114 valence electrons. The minimum Gasteiger partial charge on any atom is -0.492 e. The molecular formula is C16H19Cl2NOS. The standard InChI is InChI=1S/C16H19Cl2NOS/c1-10-4-6-13(7-5-10)20-9-11(2)19-12(3)14-8-15(17)21-16(14)18/h4-8,11-12,19H,9H2,1-3H3. The number of hydrogen-bond acceptors (Lipinski definition) is 3. The zero-order valence-corrected chi connectivity index (χ0v) is 14.6. The number of halogens is 2. The Labute approximate surface area is 140 Å². The summed E-state index contributed by atoms with van der Waals surface area (Å²) in [6, 6.07) is 10.3. The Morgan fingerprint density at radius 3 is 2.43 bits per heavy atom. The van der Waals surface area contributed by atoms with Crippen LogP contribution in [0.15, 0.2) is 30.3 Å². The molecule has 21 heavy (non-hydrogen) atoms. The van der Waals surface area contributed by atoms with Gasteiger partial charge in [0.2, 0.25) is 0 Å². The van der Waals surface area contributed by atoms with Gasteiger partial charge in [0.15, 0.2) is 0 Å². The quantitative estimate of drug-likeness (QED) is 0.749. The van der Waals surface area contributed by atoms with Crippen LogP contribution in [0.5, 0.6) is 5.75 Å². The molecule has 0 saturated carbocycles. The lowest BCUT2D eigenvalue weighted by Crippen LogP contribution is -2.33. The van der Waals surface area contributed by atoms with Gasteiger partial charge in [-0.15, -0.1) is 11.3 Å². The monoisotopic (exact) mass is 343 g/mol. The smallest absolute Gasteiger partial charge is 0.119 e. The highest BCUT2D eigenvalue weighted by molar-refractivity contribution is 7.20. The molecule has 2 unspecified atom stereocenters. The molecular weight excluding hydrogens is 325 g/mol. The molecule has 0 amide bonds. The van der Waals surface area contributed by atoms with Gasteiger partial charge in [-0.25, -0.2) is 0 Å². The number of benzene rings is 1. The second kappa shape index (κ2) is 7.50. The third kappa shape index (κ3) is 4.89. The average molecular weight is 344 g/mol. The summed E-state index contributed by atoms with van der Waals surface area (Å²) in [5, 5.41) is 3.47. The Morgan fingerprint density at radius 1 is 1.19 bits per heavy atom. The summed E-state index contributed by atoms with van der Waals surface area (Å²) in [6.07, 6.45) is 0. The highest BCUT2D eigenvalue weighted by Crippen LogP contribution is 2.34. The number of hydrogen-bond donors (Lipinski definition) is 1. The fourth-order valence-corrected chi connectivity index (χ4v) is 3.71. The van der Waals surface area contributed by atoms with E-state index in [2.05, 4.69) is 26.1 Å². The van der Waals surface area contributed by atoms with Crippen LogP contribution in [0.1, 0.15) is 31.0 Å². The highest BCUT2D eigenvalue weighted by atomic mass is 35.5. The normalized spacial score (nSPS) is 14.0. The van der Waals surface area contributed by atoms with Gasteiger partial charge < -0.3 is 10.1 Å². The third-order valence-electron chi connectivity index (χ3n) is 3.21. The van der Waals surface area contributed by atoms with E-state index in [9.17, 15) is 0 Å². The second-order valence-electron chi connectivity index (χ2n) is 5.19. The molecule has 0 fully saturated rings. The first-order chi connectivity index (χ1) is 9.95. The lowest BCUT2D eigenvalue weighted by molar-refractivity contribution is 0.264. The van der Waals surface area contributed by atoms with Gasteiger partial charge in [-0.1, -0.05) is 40.9 Å². The fraction of sp³-hybridized carbons (Fsp3) is 0.375. The number of aryl methyl sites for hydroxylation is 1. The Balaban J connectivity index is 1.85. The van der Waals surface area contributed by atoms with Crippen molar-refractivity contribution in [2.45, 2.75) is 32.9 Å². The van der Waals surface area contributed by atoms with Crippen molar-refractivity contribution in [2.24, 2.45) is 0 Å². The van der Waals surface area contributed by atoms with E-state index in [1.54, 1.807) is 0 Å². The van der Waals surface area contributed by atoms with E-state index in [4.69, 9.17) is 27.9 Å². The Bertz CT molecular complexity index is 582. The van der Waals surface area contributed by atoms with Gasteiger partial charge in [0, 0.05) is 12.1 Å². The minimum atomic E-state index is 0.137. The largest absolute Gasteiger partial charge is 0.492 e. The summed E-state index contributed by atoms with van der Waals surface area (Å²) >= 11 is 13.6. The summed E-state index contributed by atoms with van der Waals surface area (Å²) in [4.78, 5) is 0. The molecule has 0 aliphatic carbocycles. The van der Waals surface area contributed by atoms with Gasteiger partial charge in [0.25, 0.3) is 0 Å². The lowest BCUT2D eigenvalue weighted by Gasteiger charge is -2.20. The fourth-order valence-electron chi connectivity index (χ4n) is 2.07. The van der Waals surface area contributed by atoms with E-state index < -0.39 is 0 Å². The molecule has 0 bridgehead atoms. The van der Waals surface area contributed by atoms with Crippen molar-refractivity contribution in [1.29, 1.82) is 0 Å². The predicted octanol–water partition coefficient (Wildman–Crippen LogP) is 5.48. The van der Waals surface area contributed by atoms with E-state index in [1.807, 2.05) is 30.3 Å². The first kappa shape index (κ1) is 16.6. The predicted molar refractivity (Wildman–Crippen MR) is 92.0 cm³/mol. The van der Waals surface area contributed by atoms with Gasteiger partial charge >= 0.3 is 0 Å². The summed E-state index contributed by atoms with van der Waals surface area (Å²) in [5.41, 5.74) is 2.26. The second-order valence-corrected chi connectivity index (χ2v) is 7.48. The van der Waals surface area contributed by atoms with Crippen molar-refractivity contribution in [3.05, 3.63) is 50.1 Å². The number of nitrogens with one attached hydrogen (secondary N) is 1. The van der Waals surface area contributed by atoms with Crippen LogP contribution in [-0.4, -0.2) is 12.6 Å². The van der Waals surface area contributed by atoms with Gasteiger partial charge in [-0.2, -0.15) is 0 Å². The zero-order valence-electron chi connectivity index (χ0n) is 12.3. The molecule has 2 aromatic rings. The highest BCUT2D eigenvalue weighted by Gasteiger charge is 2.15. The zero-order chi connectivity index (χ0) is 15.4. The number of ether oxygens (including phenoxy) is 1. The minimum absolute atomic E-state index is 0.137. The van der Waals surface area contributed by atoms with Crippen LogP contribution in [0.2, 0.25) is 8.67 Å². The molecule has 0 saturated heterocycles. The number of thiophene rings is 1. The third-order valence-corrected chi connectivity index (χ3v) is 4.72. The summed E-state index contributed by atoms with van der Waals surface area (Å²) in [5.74, 6) is 0.888. The van der Waals surface area contributed by atoms with E-state index in [1.165, 1.54) is 16.9 Å². The van der Waals surface area contributed by atoms with Crippen molar-refractivity contribution in [2.75, 3.05) is 6.61 Å². The maximum atomic E-state index is 6.17. The van der Waals surface area contributed by atoms with Crippen LogP contribution in [0.4, 0.5) is 0 Å². The Hall–Kier alpha value is -0.740. The molecule has 1 aromatic carbocycles. The van der Waals surface area contributed by atoms with Crippen LogP contribution in [-0.2, 0) is 0 Å².